The van der Waals surface area contributed by atoms with Gasteiger partial charge >= 0.3 is 0 Å². The molecule has 0 amide bonds. The largest absolute Gasteiger partial charge is 0.497 e. The Morgan fingerprint density at radius 1 is 1.18 bits per heavy atom. The van der Waals surface area contributed by atoms with Crippen LogP contribution in [0.5, 0.6) is 5.75 Å². The molecule has 4 nitrogen and oxygen atoms in total. The molecule has 1 atom stereocenters. The molecule has 2 aromatic heterocycles. The zero-order valence-corrected chi connectivity index (χ0v) is 14.0. The molecule has 0 aliphatic heterocycles. The summed E-state index contributed by atoms with van der Waals surface area (Å²) >= 11 is 1.70. The third-order valence-electron chi connectivity index (χ3n) is 3.94. The lowest BCUT2D eigenvalue weighted by molar-refractivity contribution is 0.414. The predicted molar refractivity (Wildman–Crippen MR) is 92.0 cm³/mol. The maximum absolute atomic E-state index is 5.22. The summed E-state index contributed by atoms with van der Waals surface area (Å²) in [5, 5.41) is 1.12. The van der Waals surface area contributed by atoms with E-state index in [-0.39, 0.29) is 6.04 Å². The fraction of sp³-hybridized carbons (Fsp3) is 0.294. The Labute approximate surface area is 134 Å². The van der Waals surface area contributed by atoms with Crippen molar-refractivity contribution in [2.24, 2.45) is 0 Å². The molecule has 1 unspecified atom stereocenters. The first-order chi connectivity index (χ1) is 10.6. The third kappa shape index (κ3) is 2.64. The van der Waals surface area contributed by atoms with E-state index in [1.54, 1.807) is 24.8 Å². The number of fused-ring (bicyclic) bond motifs is 1. The number of ether oxygens (including phenoxy) is 1. The van der Waals surface area contributed by atoms with Crippen molar-refractivity contribution in [3.63, 3.8) is 0 Å². The number of aryl methyl sites for hydroxylation is 1. The summed E-state index contributed by atoms with van der Waals surface area (Å²) in [7, 11) is 3.75. The van der Waals surface area contributed by atoms with Gasteiger partial charge in [0, 0.05) is 11.9 Å². The minimum atomic E-state index is 0.212. The van der Waals surface area contributed by atoms with Crippen molar-refractivity contribution in [2.75, 3.05) is 19.1 Å². The highest BCUT2D eigenvalue weighted by Gasteiger charge is 2.17. The molecule has 0 fully saturated rings. The van der Waals surface area contributed by atoms with Crippen molar-refractivity contribution in [1.82, 2.24) is 9.97 Å². The van der Waals surface area contributed by atoms with Crippen LogP contribution in [0, 0.1) is 6.92 Å². The summed E-state index contributed by atoms with van der Waals surface area (Å²) in [5.41, 5.74) is 1.22. The van der Waals surface area contributed by atoms with E-state index in [2.05, 4.69) is 54.0 Å². The minimum Gasteiger partial charge on any atom is -0.497 e. The van der Waals surface area contributed by atoms with Gasteiger partial charge in [-0.3, -0.25) is 0 Å². The molecule has 0 radical (unpaired) electrons. The number of methoxy groups -OCH3 is 1. The van der Waals surface area contributed by atoms with Gasteiger partial charge in [0.25, 0.3) is 0 Å². The minimum absolute atomic E-state index is 0.212. The number of aromatic nitrogens is 2. The van der Waals surface area contributed by atoms with Crippen LogP contribution < -0.4 is 9.64 Å². The first-order valence-electron chi connectivity index (χ1n) is 7.18. The van der Waals surface area contributed by atoms with E-state index in [0.717, 1.165) is 21.8 Å². The molecular weight excluding hydrogens is 294 g/mol. The van der Waals surface area contributed by atoms with Gasteiger partial charge in [-0.05, 0) is 37.6 Å². The Morgan fingerprint density at radius 3 is 2.59 bits per heavy atom. The van der Waals surface area contributed by atoms with Gasteiger partial charge in [0.05, 0.1) is 18.5 Å². The summed E-state index contributed by atoms with van der Waals surface area (Å²) in [4.78, 5) is 13.3. The second-order valence-corrected chi connectivity index (χ2v) is 6.57. The molecule has 3 aromatic rings. The molecule has 5 heteroatoms. The number of thiophene rings is 1. The van der Waals surface area contributed by atoms with Crippen LogP contribution in [-0.2, 0) is 0 Å². The lowest BCUT2D eigenvalue weighted by Gasteiger charge is -2.26. The standard InChI is InChI=1S/C17H19N3OS/c1-11-9-15-16(18-10-19-17(15)22-11)20(3)12(2)13-5-7-14(21-4)8-6-13/h5-10,12H,1-4H3. The van der Waals surface area contributed by atoms with Crippen molar-refractivity contribution in [1.29, 1.82) is 0 Å². The fourth-order valence-electron chi connectivity index (χ4n) is 2.53. The number of nitrogens with zero attached hydrogens (tertiary/aromatic N) is 3. The van der Waals surface area contributed by atoms with Gasteiger partial charge in [0.2, 0.25) is 0 Å². The van der Waals surface area contributed by atoms with Crippen LogP contribution in [0.15, 0.2) is 36.7 Å². The predicted octanol–water partition coefficient (Wildman–Crippen LogP) is 4.21. The quantitative estimate of drug-likeness (QED) is 0.723. The molecule has 2 heterocycles. The van der Waals surface area contributed by atoms with Gasteiger partial charge in [-0.1, -0.05) is 12.1 Å². The van der Waals surface area contributed by atoms with Crippen molar-refractivity contribution in [2.45, 2.75) is 19.9 Å². The molecule has 1 aromatic carbocycles. The maximum Gasteiger partial charge on any atom is 0.141 e. The van der Waals surface area contributed by atoms with Crippen LogP contribution in [0.3, 0.4) is 0 Å². The molecule has 0 aliphatic carbocycles. The molecule has 0 bridgehead atoms. The first-order valence-corrected chi connectivity index (χ1v) is 7.99. The van der Waals surface area contributed by atoms with Crippen LogP contribution >= 0.6 is 11.3 Å². The number of anilines is 1. The molecule has 114 valence electrons. The maximum atomic E-state index is 5.22. The Kier molecular flexibility index (Phi) is 3.98. The highest BCUT2D eigenvalue weighted by Crippen LogP contribution is 2.33. The van der Waals surface area contributed by atoms with Crippen molar-refractivity contribution < 1.29 is 4.74 Å². The first kappa shape index (κ1) is 14.8. The highest BCUT2D eigenvalue weighted by molar-refractivity contribution is 7.18. The second-order valence-electron chi connectivity index (χ2n) is 5.33. The van der Waals surface area contributed by atoms with Gasteiger partial charge in [-0.25, -0.2) is 9.97 Å². The monoisotopic (exact) mass is 313 g/mol. The summed E-state index contributed by atoms with van der Waals surface area (Å²) in [6.07, 6.45) is 1.64. The van der Waals surface area contributed by atoms with E-state index in [1.807, 2.05) is 12.1 Å². The number of hydrogen-bond acceptors (Lipinski definition) is 5. The van der Waals surface area contributed by atoms with Crippen molar-refractivity contribution >= 4 is 27.4 Å². The molecule has 0 saturated heterocycles. The van der Waals surface area contributed by atoms with Crippen molar-refractivity contribution in [3.05, 3.63) is 47.1 Å². The molecule has 3 rings (SSSR count). The topological polar surface area (TPSA) is 38.2 Å². The van der Waals surface area contributed by atoms with Crippen LogP contribution in [-0.4, -0.2) is 24.1 Å². The SMILES string of the molecule is COc1ccc(C(C)N(C)c2ncnc3sc(C)cc23)cc1. The van der Waals surface area contributed by atoms with Crippen LogP contribution in [0.25, 0.3) is 10.2 Å². The van der Waals surface area contributed by atoms with Crippen LogP contribution in [0.4, 0.5) is 5.82 Å². The van der Waals surface area contributed by atoms with E-state index in [0.29, 0.717) is 0 Å². The average molecular weight is 313 g/mol. The third-order valence-corrected chi connectivity index (χ3v) is 4.90. The normalized spacial score (nSPS) is 12.4. The number of benzene rings is 1. The lowest BCUT2D eigenvalue weighted by Crippen LogP contribution is -2.22. The van der Waals surface area contributed by atoms with E-state index in [4.69, 9.17) is 4.74 Å². The molecule has 0 saturated carbocycles. The number of rotatable bonds is 4. The van der Waals surface area contributed by atoms with Gasteiger partial charge in [0.1, 0.15) is 22.7 Å². The average Bonchev–Trinajstić information content (AvgIpc) is 2.93. The molecule has 0 aliphatic rings. The lowest BCUT2D eigenvalue weighted by atomic mass is 10.1. The highest BCUT2D eigenvalue weighted by atomic mass is 32.1. The zero-order chi connectivity index (χ0) is 15.7. The summed E-state index contributed by atoms with van der Waals surface area (Å²) in [6, 6.07) is 10.5. The van der Waals surface area contributed by atoms with Crippen molar-refractivity contribution in [3.8, 4) is 5.75 Å². The van der Waals surface area contributed by atoms with Gasteiger partial charge in [-0.15, -0.1) is 11.3 Å². The van der Waals surface area contributed by atoms with Crippen LogP contribution in [0.1, 0.15) is 23.4 Å². The zero-order valence-electron chi connectivity index (χ0n) is 13.2. The Morgan fingerprint density at radius 2 is 1.91 bits per heavy atom. The van der Waals surface area contributed by atoms with Gasteiger partial charge in [0.15, 0.2) is 0 Å². The number of hydrogen-bond donors (Lipinski definition) is 0. The van der Waals surface area contributed by atoms with Crippen LogP contribution in [0.2, 0.25) is 0 Å². The Balaban J connectivity index is 1.95. The molecule has 0 spiro atoms. The Bertz CT molecular complexity index is 782. The molecule has 22 heavy (non-hydrogen) atoms. The van der Waals surface area contributed by atoms with E-state index >= 15 is 0 Å². The smallest absolute Gasteiger partial charge is 0.141 e. The van der Waals surface area contributed by atoms with Gasteiger partial charge in [-0.2, -0.15) is 0 Å². The second kappa shape index (κ2) is 5.93. The fourth-order valence-corrected chi connectivity index (χ4v) is 3.38. The summed E-state index contributed by atoms with van der Waals surface area (Å²) in [6.45, 7) is 4.28. The van der Waals surface area contributed by atoms with E-state index in [1.165, 1.54) is 10.4 Å². The van der Waals surface area contributed by atoms with E-state index < -0.39 is 0 Å². The van der Waals surface area contributed by atoms with E-state index in [9.17, 15) is 0 Å². The Hall–Kier alpha value is -2.14. The van der Waals surface area contributed by atoms with Gasteiger partial charge < -0.3 is 9.64 Å². The summed E-state index contributed by atoms with van der Waals surface area (Å²) < 4.78 is 5.22. The molecule has 0 N–H and O–H groups in total. The summed E-state index contributed by atoms with van der Waals surface area (Å²) in [5.74, 6) is 1.84. The molecular formula is C17H19N3OS.